The number of aryl methyl sites for hydroxylation is 1. The molecule has 5 aliphatic heterocycles. The van der Waals surface area contributed by atoms with E-state index < -0.39 is 70.5 Å². The number of halogens is 1. The van der Waals surface area contributed by atoms with Gasteiger partial charge in [-0.2, -0.15) is 0 Å². The highest BCUT2D eigenvalue weighted by Crippen LogP contribution is 2.56. The molecule has 0 bridgehead atoms. The smallest absolute Gasteiger partial charge is 0.302 e. The van der Waals surface area contributed by atoms with E-state index in [1.54, 1.807) is 0 Å². The lowest BCUT2D eigenvalue weighted by molar-refractivity contribution is -0.405. The molecule has 1 unspecified atom stereocenters. The molecule has 6 rings (SSSR count). The third-order valence-electron chi connectivity index (χ3n) is 18.9. The highest BCUT2D eigenvalue weighted by atomic mass is 35.5. The van der Waals surface area contributed by atoms with Crippen molar-refractivity contribution in [3.05, 3.63) is 42.0 Å². The second kappa shape index (κ2) is 28.2. The predicted molar refractivity (Wildman–Crippen MR) is 304 cm³/mol. The number of anilines is 1. The zero-order valence-electron chi connectivity index (χ0n) is 49.5. The molecule has 78 heavy (non-hydrogen) atoms. The number of nitrogens with zero attached hydrogens (tertiary/aromatic N) is 1. The van der Waals surface area contributed by atoms with E-state index in [0.717, 1.165) is 44.5 Å². The summed E-state index contributed by atoms with van der Waals surface area (Å²) in [6.07, 6.45) is 10.1. The zero-order chi connectivity index (χ0) is 57.2. The monoisotopic (exact) mass is 1110 g/mol. The molecule has 2 amide bonds. The van der Waals surface area contributed by atoms with E-state index >= 15 is 0 Å². The minimum absolute atomic E-state index is 0.0170. The minimum Gasteiger partial charge on any atom is -0.465 e. The van der Waals surface area contributed by atoms with Gasteiger partial charge in [-0.05, 0) is 127 Å². The van der Waals surface area contributed by atoms with E-state index in [1.807, 2.05) is 60.6 Å². The number of aliphatic hydroxyl groups is 2. The molecule has 16 heteroatoms. The van der Waals surface area contributed by atoms with Crippen LogP contribution in [0.5, 0.6) is 0 Å². The van der Waals surface area contributed by atoms with Crippen LogP contribution in [0.1, 0.15) is 172 Å². The first-order valence-electron chi connectivity index (χ1n) is 30.1. The molecule has 1 aromatic carbocycles. The van der Waals surface area contributed by atoms with Crippen LogP contribution in [0.15, 0.2) is 36.4 Å². The summed E-state index contributed by atoms with van der Waals surface area (Å²) in [4.78, 5) is 55.8. The number of hydrogen-bond acceptors (Lipinski definition) is 13. The van der Waals surface area contributed by atoms with Gasteiger partial charge in [0, 0.05) is 81.2 Å². The van der Waals surface area contributed by atoms with Gasteiger partial charge in [0.2, 0.25) is 11.8 Å². The molecule has 0 aromatic heterocycles. The van der Waals surface area contributed by atoms with Gasteiger partial charge in [0.1, 0.15) is 12.4 Å². The number of ketones is 1. The van der Waals surface area contributed by atoms with Crippen molar-refractivity contribution in [1.29, 1.82) is 0 Å². The SMILES string of the molecule is CCCN(CCCl)c1ccc(CCCC(=O)NCCNC(=O)C(CC)[C@H]2CC[C@H](C)[C@H]([C@@H](C)[C@H](O)[C@H](C)C(=O)[C@H](CC)[C@H]3O[C@]4(C=C[C@@H](COC(C)=O)[C@]5(CC[C@@](C)([C@H]6CC[C@](O)(CC)[C@H](C)O6)O5)O4)[C@H](C)C[C@@H]3C)O2)cc1. The summed E-state index contributed by atoms with van der Waals surface area (Å²) >= 11 is 6.02. The van der Waals surface area contributed by atoms with Crippen LogP contribution in [0.4, 0.5) is 5.69 Å². The molecule has 4 saturated heterocycles. The molecule has 0 radical (unpaired) electrons. The minimum atomic E-state index is -1.26. The Morgan fingerprint density at radius 1 is 0.872 bits per heavy atom. The molecule has 442 valence electrons. The largest absolute Gasteiger partial charge is 0.465 e. The third kappa shape index (κ3) is 14.9. The number of Topliss-reactive ketones (excluding diaryl/α,β-unsaturated/α-hetero) is 1. The Morgan fingerprint density at radius 2 is 1.58 bits per heavy atom. The summed E-state index contributed by atoms with van der Waals surface area (Å²) in [6, 6.07) is 8.49. The molecule has 0 aliphatic carbocycles. The summed E-state index contributed by atoms with van der Waals surface area (Å²) < 4.78 is 40.6. The van der Waals surface area contributed by atoms with Crippen LogP contribution in [-0.2, 0) is 54.0 Å². The van der Waals surface area contributed by atoms with Crippen molar-refractivity contribution in [2.24, 2.45) is 47.3 Å². The van der Waals surface area contributed by atoms with E-state index in [-0.39, 0.29) is 66.4 Å². The summed E-state index contributed by atoms with van der Waals surface area (Å²) in [6.45, 7) is 26.0. The summed E-state index contributed by atoms with van der Waals surface area (Å²) in [5.74, 6) is -5.19. The average Bonchev–Trinajstić information content (AvgIpc) is 3.93. The lowest BCUT2D eigenvalue weighted by Gasteiger charge is -2.55. The lowest BCUT2D eigenvalue weighted by Crippen LogP contribution is -2.62. The predicted octanol–water partition coefficient (Wildman–Crippen LogP) is 9.63. The second-order valence-corrected chi connectivity index (χ2v) is 24.8. The number of hydrogen-bond donors (Lipinski definition) is 4. The molecule has 18 atom stereocenters. The highest BCUT2D eigenvalue weighted by Gasteiger charge is 2.63. The lowest BCUT2D eigenvalue weighted by atomic mass is 9.72. The van der Waals surface area contributed by atoms with Gasteiger partial charge >= 0.3 is 5.97 Å². The maximum absolute atomic E-state index is 14.9. The van der Waals surface area contributed by atoms with Gasteiger partial charge in [0.25, 0.3) is 0 Å². The molecule has 15 nitrogen and oxygen atoms in total. The van der Waals surface area contributed by atoms with Crippen molar-refractivity contribution in [2.45, 2.75) is 232 Å². The van der Waals surface area contributed by atoms with Crippen LogP contribution >= 0.6 is 11.6 Å². The van der Waals surface area contributed by atoms with Crippen LogP contribution in [0.2, 0.25) is 0 Å². The van der Waals surface area contributed by atoms with E-state index in [0.29, 0.717) is 83.2 Å². The molecule has 1 aromatic rings. The first-order valence-corrected chi connectivity index (χ1v) is 30.7. The zero-order valence-corrected chi connectivity index (χ0v) is 50.2. The van der Waals surface area contributed by atoms with Gasteiger partial charge in [-0.3, -0.25) is 19.2 Å². The molecule has 5 aliphatic rings. The van der Waals surface area contributed by atoms with Gasteiger partial charge in [0.15, 0.2) is 11.6 Å². The number of aliphatic hydroxyl groups excluding tert-OH is 1. The van der Waals surface area contributed by atoms with E-state index in [1.165, 1.54) is 12.5 Å². The van der Waals surface area contributed by atoms with E-state index in [9.17, 15) is 29.4 Å². The first kappa shape index (κ1) is 64.0. The number of benzene rings is 1. The maximum Gasteiger partial charge on any atom is 0.302 e. The van der Waals surface area contributed by atoms with Crippen LogP contribution in [0.3, 0.4) is 0 Å². The second-order valence-electron chi connectivity index (χ2n) is 24.4. The number of carbonyl (C=O) groups is 4. The Kier molecular flexibility index (Phi) is 23.2. The summed E-state index contributed by atoms with van der Waals surface area (Å²) in [7, 11) is 0. The number of esters is 1. The standard InChI is InChI=1S/C62H100ClN3O12/c1-13-35-66(36-32-63)48-23-21-46(22-24-48)18-17-19-53(68)64-33-34-65-58(71)49(14-2)51-25-20-39(5)56(75-51)43(9)54(69)42(8)55(70)50(15-3)57-40(6)37-41(7)61(76-57)29-26-47(38-73-45(11)67)62(78-61)31-30-59(12,77-62)52-27-28-60(72,16-4)44(10)74-52/h21-24,26,29,39-44,47,49-52,54,56-57,69,72H,13-20,25,27-28,30-38H2,1-12H3,(H,64,68)(H,65,71)/t39-,40-,41+,42-,43-,44-,47-,49?,50-,51+,52+,54+,56+,57-,59-,60+,61-,62-/m0/s1. The number of alkyl halides is 1. The topological polar surface area (TPSA) is 191 Å². The molecule has 4 fully saturated rings. The number of nitrogens with one attached hydrogen (secondary N) is 2. The number of rotatable bonds is 26. The van der Waals surface area contributed by atoms with Gasteiger partial charge in [-0.1, -0.05) is 80.5 Å². The fourth-order valence-electron chi connectivity index (χ4n) is 13.7. The molecular formula is C62H100ClN3O12. The number of amides is 2. The van der Waals surface area contributed by atoms with Gasteiger partial charge < -0.3 is 54.2 Å². The molecule has 4 N–H and O–H groups in total. The van der Waals surface area contributed by atoms with Crippen molar-refractivity contribution >= 4 is 40.9 Å². The van der Waals surface area contributed by atoms with Gasteiger partial charge in [-0.15, -0.1) is 11.6 Å². The molecule has 5 heterocycles. The van der Waals surface area contributed by atoms with Crippen molar-refractivity contribution < 1.29 is 57.8 Å². The van der Waals surface area contributed by atoms with Crippen LogP contribution < -0.4 is 15.5 Å². The van der Waals surface area contributed by atoms with Crippen molar-refractivity contribution in [3.63, 3.8) is 0 Å². The van der Waals surface area contributed by atoms with Gasteiger partial charge in [-0.25, -0.2) is 0 Å². The summed E-state index contributed by atoms with van der Waals surface area (Å²) in [5.41, 5.74) is 0.672. The average molecular weight is 1110 g/mol. The van der Waals surface area contributed by atoms with Crippen molar-refractivity contribution in [3.8, 4) is 0 Å². The molecular weight excluding hydrogens is 1010 g/mol. The van der Waals surface area contributed by atoms with Gasteiger partial charge in [0.05, 0.1) is 59.7 Å². The number of ether oxygens (including phenoxy) is 6. The molecule has 0 saturated carbocycles. The van der Waals surface area contributed by atoms with E-state index in [2.05, 4.69) is 67.5 Å². The Morgan fingerprint density at radius 3 is 2.22 bits per heavy atom. The van der Waals surface area contributed by atoms with E-state index in [4.69, 9.17) is 40.0 Å². The van der Waals surface area contributed by atoms with Crippen LogP contribution in [0, 0.1) is 47.3 Å². The highest BCUT2D eigenvalue weighted by molar-refractivity contribution is 6.18. The third-order valence-corrected chi connectivity index (χ3v) is 19.0. The maximum atomic E-state index is 14.9. The van der Waals surface area contributed by atoms with Crippen molar-refractivity contribution in [2.75, 3.05) is 43.6 Å². The van der Waals surface area contributed by atoms with Crippen LogP contribution in [0.25, 0.3) is 0 Å². The Bertz CT molecular complexity index is 2140. The Labute approximate surface area is 472 Å². The normalized spacial score (nSPS) is 34.9. The molecule has 2 spiro atoms. The summed E-state index contributed by atoms with van der Waals surface area (Å²) in [5, 5.41) is 29.4. The quantitative estimate of drug-likeness (QED) is 0.0297. The first-order chi connectivity index (χ1) is 37.0. The fraction of sp³-hybridized carbons (Fsp3) is 0.806. The fourth-order valence-corrected chi connectivity index (χ4v) is 13.9. The van der Waals surface area contributed by atoms with Crippen LogP contribution in [-0.4, -0.2) is 132 Å². The number of carbonyl (C=O) groups excluding carboxylic acids is 4. The van der Waals surface area contributed by atoms with Crippen molar-refractivity contribution in [1.82, 2.24) is 10.6 Å². The Hall–Kier alpha value is -3.15. The Balaban J connectivity index is 1.04.